The third kappa shape index (κ3) is 3.48. The summed E-state index contributed by atoms with van der Waals surface area (Å²) in [4.78, 5) is 22.1. The zero-order valence-electron chi connectivity index (χ0n) is 14.4. The molecule has 3 rings (SSSR count). The van der Waals surface area contributed by atoms with E-state index in [1.807, 2.05) is 48.6 Å². The molecule has 0 spiro atoms. The van der Waals surface area contributed by atoms with Crippen molar-refractivity contribution in [2.45, 2.75) is 32.7 Å². The van der Waals surface area contributed by atoms with E-state index < -0.39 is 0 Å². The fourth-order valence-electron chi connectivity index (χ4n) is 2.96. The Morgan fingerprint density at radius 1 is 1.29 bits per heavy atom. The topological polar surface area (TPSA) is 49.0 Å². The van der Waals surface area contributed by atoms with Crippen LogP contribution in [0.25, 0.3) is 10.9 Å². The molecule has 0 radical (unpaired) electrons. The maximum Gasteiger partial charge on any atom is 0.227 e. The second kappa shape index (κ2) is 6.87. The van der Waals surface area contributed by atoms with Gasteiger partial charge in [-0.05, 0) is 43.2 Å². The Hall–Kier alpha value is -2.62. The van der Waals surface area contributed by atoms with Crippen molar-refractivity contribution in [3.63, 3.8) is 0 Å². The molecule has 0 bridgehead atoms. The summed E-state index contributed by atoms with van der Waals surface area (Å²) < 4.78 is 0. The minimum absolute atomic E-state index is 0.108. The summed E-state index contributed by atoms with van der Waals surface area (Å²) in [5.41, 5.74) is 4.33. The molecule has 0 unspecified atom stereocenters. The number of benzene rings is 1. The summed E-state index contributed by atoms with van der Waals surface area (Å²) in [6, 6.07) is 12.2. The quantitative estimate of drug-likeness (QED) is 0.782. The molecule has 2 heterocycles. The lowest BCUT2D eigenvalue weighted by atomic mass is 10.1. The van der Waals surface area contributed by atoms with Gasteiger partial charge >= 0.3 is 0 Å². The minimum Gasteiger partial charge on any atom is -0.361 e. The van der Waals surface area contributed by atoms with Gasteiger partial charge in [0.15, 0.2) is 0 Å². The second-order valence-corrected chi connectivity index (χ2v) is 6.42. The Bertz CT molecular complexity index is 853. The number of likely N-dealkylation sites (N-methyl/N-ethyl adjacent to an activating group) is 1. The molecule has 0 saturated heterocycles. The molecule has 1 aromatic carbocycles. The standard InChI is InChI=1S/C20H23N3O/c1-14-8-9-21-17(10-14)11-15(2)23(3)20(24)12-16-13-22-19-7-5-4-6-18(16)19/h4-10,13,15,22H,11-12H2,1-3H3/t15-/m0/s1. The lowest BCUT2D eigenvalue weighted by Gasteiger charge is -2.25. The zero-order valence-corrected chi connectivity index (χ0v) is 14.4. The van der Waals surface area contributed by atoms with Crippen LogP contribution in [0.4, 0.5) is 0 Å². The number of para-hydroxylation sites is 1. The molecule has 4 nitrogen and oxygen atoms in total. The first-order valence-electron chi connectivity index (χ1n) is 8.27. The van der Waals surface area contributed by atoms with Gasteiger partial charge in [0.25, 0.3) is 0 Å². The van der Waals surface area contributed by atoms with E-state index in [9.17, 15) is 4.79 Å². The van der Waals surface area contributed by atoms with Gasteiger partial charge in [-0.3, -0.25) is 9.78 Å². The molecule has 0 aliphatic rings. The van der Waals surface area contributed by atoms with E-state index in [1.54, 1.807) is 0 Å². The SMILES string of the molecule is Cc1ccnc(C[C@H](C)N(C)C(=O)Cc2c[nH]c3ccccc23)c1. The van der Waals surface area contributed by atoms with Crippen molar-refractivity contribution in [3.05, 3.63) is 65.6 Å². The van der Waals surface area contributed by atoms with Crippen LogP contribution in [0.1, 0.15) is 23.7 Å². The number of H-pyrrole nitrogens is 1. The second-order valence-electron chi connectivity index (χ2n) is 6.42. The van der Waals surface area contributed by atoms with Crippen LogP contribution in [0.2, 0.25) is 0 Å². The van der Waals surface area contributed by atoms with Gasteiger partial charge in [0.2, 0.25) is 5.91 Å². The number of aromatic amines is 1. The van der Waals surface area contributed by atoms with Crippen molar-refractivity contribution in [1.29, 1.82) is 0 Å². The van der Waals surface area contributed by atoms with E-state index in [2.05, 4.69) is 35.9 Å². The molecule has 2 aromatic heterocycles. The summed E-state index contributed by atoms with van der Waals surface area (Å²) in [6.45, 7) is 4.12. The van der Waals surface area contributed by atoms with Crippen molar-refractivity contribution in [3.8, 4) is 0 Å². The molecule has 1 amide bonds. The highest BCUT2D eigenvalue weighted by molar-refractivity contribution is 5.88. The molecule has 1 N–H and O–H groups in total. The molecule has 0 aliphatic carbocycles. The van der Waals surface area contributed by atoms with Crippen LogP contribution in [-0.4, -0.2) is 33.9 Å². The normalized spacial score (nSPS) is 12.3. The Kier molecular flexibility index (Phi) is 4.65. The van der Waals surface area contributed by atoms with E-state index in [-0.39, 0.29) is 11.9 Å². The van der Waals surface area contributed by atoms with E-state index >= 15 is 0 Å². The summed E-state index contributed by atoms with van der Waals surface area (Å²) >= 11 is 0. The van der Waals surface area contributed by atoms with Gasteiger partial charge in [-0.2, -0.15) is 0 Å². The number of nitrogens with one attached hydrogen (secondary N) is 1. The average Bonchev–Trinajstić information content (AvgIpc) is 2.97. The molecule has 124 valence electrons. The van der Waals surface area contributed by atoms with Gasteiger partial charge in [-0.1, -0.05) is 18.2 Å². The van der Waals surface area contributed by atoms with Gasteiger partial charge < -0.3 is 9.88 Å². The lowest BCUT2D eigenvalue weighted by Crippen LogP contribution is -2.37. The molecule has 0 aliphatic heterocycles. The van der Waals surface area contributed by atoms with Crippen LogP contribution in [0.15, 0.2) is 48.8 Å². The maximum atomic E-state index is 12.6. The average molecular weight is 321 g/mol. The van der Waals surface area contributed by atoms with E-state index in [0.717, 1.165) is 28.6 Å². The number of aryl methyl sites for hydroxylation is 1. The summed E-state index contributed by atoms with van der Waals surface area (Å²) in [5.74, 6) is 0.125. The largest absolute Gasteiger partial charge is 0.361 e. The summed E-state index contributed by atoms with van der Waals surface area (Å²) in [5, 5.41) is 1.12. The monoisotopic (exact) mass is 321 g/mol. The van der Waals surface area contributed by atoms with E-state index in [4.69, 9.17) is 0 Å². The number of aromatic nitrogens is 2. The number of hydrogen-bond donors (Lipinski definition) is 1. The Morgan fingerprint density at radius 3 is 2.88 bits per heavy atom. The summed E-state index contributed by atoms with van der Waals surface area (Å²) in [6.07, 6.45) is 4.93. The van der Waals surface area contributed by atoms with Gasteiger partial charge in [-0.25, -0.2) is 0 Å². The number of hydrogen-bond acceptors (Lipinski definition) is 2. The van der Waals surface area contributed by atoms with Crippen LogP contribution in [0.3, 0.4) is 0 Å². The van der Waals surface area contributed by atoms with Gasteiger partial charge in [0.05, 0.1) is 6.42 Å². The highest BCUT2D eigenvalue weighted by Gasteiger charge is 2.18. The van der Waals surface area contributed by atoms with E-state index in [0.29, 0.717) is 6.42 Å². The van der Waals surface area contributed by atoms with Crippen molar-refractivity contribution in [2.75, 3.05) is 7.05 Å². The molecule has 24 heavy (non-hydrogen) atoms. The predicted octanol–water partition coefficient (Wildman–Crippen LogP) is 3.50. The number of carbonyl (C=O) groups excluding carboxylic acids is 1. The van der Waals surface area contributed by atoms with Crippen molar-refractivity contribution in [2.24, 2.45) is 0 Å². The highest BCUT2D eigenvalue weighted by Crippen LogP contribution is 2.19. The van der Waals surface area contributed by atoms with Crippen LogP contribution < -0.4 is 0 Å². The maximum absolute atomic E-state index is 12.6. The third-order valence-corrected chi connectivity index (χ3v) is 4.55. The highest BCUT2D eigenvalue weighted by atomic mass is 16.2. The van der Waals surface area contributed by atoms with Crippen LogP contribution in [-0.2, 0) is 17.6 Å². The van der Waals surface area contributed by atoms with Gasteiger partial charge in [0, 0.05) is 48.5 Å². The number of nitrogens with zero attached hydrogens (tertiary/aromatic N) is 2. The molecule has 3 aromatic rings. The van der Waals surface area contributed by atoms with Gasteiger partial charge in [0.1, 0.15) is 0 Å². The first kappa shape index (κ1) is 16.2. The van der Waals surface area contributed by atoms with Crippen molar-refractivity contribution >= 4 is 16.8 Å². The molecular weight excluding hydrogens is 298 g/mol. The Morgan fingerprint density at radius 2 is 2.08 bits per heavy atom. The van der Waals surface area contributed by atoms with Crippen molar-refractivity contribution < 1.29 is 4.79 Å². The summed E-state index contributed by atoms with van der Waals surface area (Å²) in [7, 11) is 1.87. The predicted molar refractivity (Wildman–Crippen MR) is 96.9 cm³/mol. The number of rotatable bonds is 5. The fourth-order valence-corrected chi connectivity index (χ4v) is 2.96. The van der Waals surface area contributed by atoms with Crippen LogP contribution >= 0.6 is 0 Å². The smallest absolute Gasteiger partial charge is 0.227 e. The van der Waals surface area contributed by atoms with Crippen LogP contribution in [0, 0.1) is 6.92 Å². The number of pyridine rings is 1. The van der Waals surface area contributed by atoms with Crippen molar-refractivity contribution in [1.82, 2.24) is 14.9 Å². The fraction of sp³-hybridized carbons (Fsp3) is 0.300. The lowest BCUT2D eigenvalue weighted by molar-refractivity contribution is -0.130. The third-order valence-electron chi connectivity index (χ3n) is 4.55. The minimum atomic E-state index is 0.108. The Balaban J connectivity index is 1.67. The number of carbonyl (C=O) groups is 1. The number of amides is 1. The first-order chi connectivity index (χ1) is 11.5. The number of fused-ring (bicyclic) bond motifs is 1. The molecule has 0 fully saturated rings. The zero-order chi connectivity index (χ0) is 17.1. The molecule has 1 atom stereocenters. The molecule has 4 heteroatoms. The van der Waals surface area contributed by atoms with E-state index in [1.165, 1.54) is 5.56 Å². The van der Waals surface area contributed by atoms with Crippen LogP contribution in [0.5, 0.6) is 0 Å². The Labute approximate surface area is 142 Å². The first-order valence-corrected chi connectivity index (χ1v) is 8.27. The van der Waals surface area contributed by atoms with Gasteiger partial charge in [-0.15, -0.1) is 0 Å². The molecular formula is C20H23N3O. The molecule has 0 saturated carbocycles.